The van der Waals surface area contributed by atoms with Gasteiger partial charge in [0.2, 0.25) is 0 Å². The maximum absolute atomic E-state index is 12.1. The van der Waals surface area contributed by atoms with Crippen LogP contribution < -0.4 is 5.32 Å². The Morgan fingerprint density at radius 2 is 2.18 bits per heavy atom. The molecule has 0 spiro atoms. The summed E-state index contributed by atoms with van der Waals surface area (Å²) in [4.78, 5) is 12.7. The van der Waals surface area contributed by atoms with E-state index < -0.39 is 0 Å². The monoisotopic (exact) mass is 313 g/mol. The first-order valence-corrected chi connectivity index (χ1v) is 7.73. The van der Waals surface area contributed by atoms with Crippen molar-refractivity contribution in [1.29, 1.82) is 0 Å². The van der Waals surface area contributed by atoms with E-state index in [0.29, 0.717) is 11.4 Å². The number of hydrogen-bond acceptors (Lipinski definition) is 4. The van der Waals surface area contributed by atoms with Crippen molar-refractivity contribution < 1.29 is 9.90 Å². The molecule has 5 nitrogen and oxygen atoms in total. The summed E-state index contributed by atoms with van der Waals surface area (Å²) in [5, 5.41) is 17.9. The van der Waals surface area contributed by atoms with Gasteiger partial charge in [0, 0.05) is 17.4 Å². The third-order valence-corrected chi connectivity index (χ3v) is 4.03. The number of thiophene rings is 1. The smallest absolute Gasteiger partial charge is 0.265 e. The van der Waals surface area contributed by atoms with Crippen molar-refractivity contribution in [2.24, 2.45) is 0 Å². The van der Waals surface area contributed by atoms with Gasteiger partial charge in [0.25, 0.3) is 5.91 Å². The first-order valence-electron chi connectivity index (χ1n) is 6.85. The number of carbonyl (C=O) groups excluding carboxylic acids is 1. The second kappa shape index (κ2) is 6.55. The molecule has 1 aromatic carbocycles. The molecule has 0 bridgehead atoms. The standard InChI is InChI=1S/C16H15N3O2S/c20-7-6-19-11-13(10-17-19)12-3-1-4-14(9-12)18-16(21)15-5-2-8-22-15/h1-5,8-11,20H,6-7H2,(H,18,21). The number of aliphatic hydroxyl groups is 1. The maximum Gasteiger partial charge on any atom is 0.265 e. The van der Waals surface area contributed by atoms with Crippen LogP contribution in [-0.4, -0.2) is 27.4 Å². The summed E-state index contributed by atoms with van der Waals surface area (Å²) in [6.07, 6.45) is 3.62. The summed E-state index contributed by atoms with van der Waals surface area (Å²) in [6.45, 7) is 0.521. The average Bonchev–Trinajstić information content (AvgIpc) is 3.19. The van der Waals surface area contributed by atoms with Crippen molar-refractivity contribution in [3.63, 3.8) is 0 Å². The van der Waals surface area contributed by atoms with Crippen LogP contribution in [-0.2, 0) is 6.54 Å². The lowest BCUT2D eigenvalue weighted by Gasteiger charge is -2.05. The molecular formula is C16H15N3O2S. The number of carbonyl (C=O) groups is 1. The van der Waals surface area contributed by atoms with Gasteiger partial charge in [-0.3, -0.25) is 9.48 Å². The van der Waals surface area contributed by atoms with E-state index in [0.717, 1.165) is 16.8 Å². The minimum absolute atomic E-state index is 0.0536. The molecule has 2 heterocycles. The zero-order valence-electron chi connectivity index (χ0n) is 11.8. The van der Waals surface area contributed by atoms with Crippen molar-refractivity contribution in [3.05, 3.63) is 59.0 Å². The molecule has 2 aromatic heterocycles. The lowest BCUT2D eigenvalue weighted by molar-refractivity contribution is 0.103. The second-order valence-corrected chi connectivity index (χ2v) is 5.68. The highest BCUT2D eigenvalue weighted by Crippen LogP contribution is 2.23. The average molecular weight is 313 g/mol. The van der Waals surface area contributed by atoms with E-state index in [-0.39, 0.29) is 12.5 Å². The van der Waals surface area contributed by atoms with Crippen LogP contribution in [0, 0.1) is 0 Å². The Bertz CT molecular complexity index is 765. The van der Waals surface area contributed by atoms with Crippen molar-refractivity contribution in [3.8, 4) is 11.1 Å². The van der Waals surface area contributed by atoms with Gasteiger partial charge in [-0.15, -0.1) is 11.3 Å². The number of anilines is 1. The number of hydrogen-bond donors (Lipinski definition) is 2. The molecule has 0 fully saturated rings. The minimum atomic E-state index is -0.108. The fourth-order valence-corrected chi connectivity index (χ4v) is 2.73. The summed E-state index contributed by atoms with van der Waals surface area (Å²) in [6, 6.07) is 11.3. The molecule has 0 aliphatic heterocycles. The van der Waals surface area contributed by atoms with Gasteiger partial charge in [-0.25, -0.2) is 0 Å². The molecule has 0 aliphatic carbocycles. The third kappa shape index (κ3) is 3.24. The number of nitrogens with zero attached hydrogens (tertiary/aromatic N) is 2. The first-order chi connectivity index (χ1) is 10.8. The summed E-state index contributed by atoms with van der Waals surface area (Å²) < 4.78 is 1.69. The number of nitrogens with one attached hydrogen (secondary N) is 1. The topological polar surface area (TPSA) is 67.2 Å². The van der Waals surface area contributed by atoms with Gasteiger partial charge in [-0.1, -0.05) is 18.2 Å². The van der Waals surface area contributed by atoms with Crippen LogP contribution in [0.2, 0.25) is 0 Å². The van der Waals surface area contributed by atoms with Crippen LogP contribution in [0.5, 0.6) is 0 Å². The van der Waals surface area contributed by atoms with E-state index >= 15 is 0 Å². The van der Waals surface area contributed by atoms with Crippen LogP contribution in [0.25, 0.3) is 11.1 Å². The molecule has 3 rings (SSSR count). The summed E-state index contributed by atoms with van der Waals surface area (Å²) in [5.74, 6) is -0.108. The third-order valence-electron chi connectivity index (χ3n) is 3.16. The van der Waals surface area contributed by atoms with Crippen molar-refractivity contribution in [2.75, 3.05) is 11.9 Å². The zero-order valence-corrected chi connectivity index (χ0v) is 12.6. The predicted molar refractivity (Wildman–Crippen MR) is 87.0 cm³/mol. The number of amides is 1. The molecule has 0 saturated heterocycles. The fraction of sp³-hybridized carbons (Fsp3) is 0.125. The van der Waals surface area contributed by atoms with Gasteiger partial charge in [0.1, 0.15) is 0 Å². The highest BCUT2D eigenvalue weighted by molar-refractivity contribution is 7.12. The molecule has 2 N–H and O–H groups in total. The molecule has 3 aromatic rings. The molecular weight excluding hydrogens is 298 g/mol. The van der Waals surface area contributed by atoms with E-state index in [1.807, 2.05) is 41.9 Å². The van der Waals surface area contributed by atoms with Gasteiger partial charge in [0.05, 0.1) is 24.2 Å². The Balaban J connectivity index is 1.78. The highest BCUT2D eigenvalue weighted by atomic mass is 32.1. The molecule has 0 atom stereocenters. The summed E-state index contributed by atoms with van der Waals surface area (Å²) >= 11 is 1.41. The van der Waals surface area contributed by atoms with Gasteiger partial charge < -0.3 is 10.4 Å². The van der Waals surface area contributed by atoms with Crippen molar-refractivity contribution in [2.45, 2.75) is 6.54 Å². The molecule has 0 aliphatic rings. The molecule has 1 amide bonds. The van der Waals surface area contributed by atoms with Gasteiger partial charge in [-0.05, 0) is 29.1 Å². The van der Waals surface area contributed by atoms with E-state index in [1.165, 1.54) is 11.3 Å². The van der Waals surface area contributed by atoms with Crippen LogP contribution in [0.3, 0.4) is 0 Å². The number of benzene rings is 1. The summed E-state index contributed by atoms with van der Waals surface area (Å²) in [5.41, 5.74) is 2.65. The Labute approximate surface area is 131 Å². The number of aromatic nitrogens is 2. The van der Waals surface area contributed by atoms with E-state index in [9.17, 15) is 4.79 Å². The van der Waals surface area contributed by atoms with Crippen LogP contribution in [0.1, 0.15) is 9.67 Å². The molecule has 6 heteroatoms. The van der Waals surface area contributed by atoms with Crippen molar-refractivity contribution in [1.82, 2.24) is 9.78 Å². The lowest BCUT2D eigenvalue weighted by Crippen LogP contribution is -2.09. The quantitative estimate of drug-likeness (QED) is 0.761. The maximum atomic E-state index is 12.1. The minimum Gasteiger partial charge on any atom is -0.394 e. The van der Waals surface area contributed by atoms with E-state index in [1.54, 1.807) is 16.9 Å². The van der Waals surface area contributed by atoms with Gasteiger partial charge >= 0.3 is 0 Å². The predicted octanol–water partition coefficient (Wildman–Crippen LogP) is 2.86. The Hall–Kier alpha value is -2.44. The lowest BCUT2D eigenvalue weighted by atomic mass is 10.1. The van der Waals surface area contributed by atoms with Gasteiger partial charge in [0.15, 0.2) is 0 Å². The number of rotatable bonds is 5. The Morgan fingerprint density at radius 3 is 2.95 bits per heavy atom. The van der Waals surface area contributed by atoms with E-state index in [2.05, 4.69) is 10.4 Å². The SMILES string of the molecule is O=C(Nc1cccc(-c2cnn(CCO)c2)c1)c1cccs1. The van der Waals surface area contributed by atoms with E-state index in [4.69, 9.17) is 5.11 Å². The largest absolute Gasteiger partial charge is 0.394 e. The Kier molecular flexibility index (Phi) is 4.32. The van der Waals surface area contributed by atoms with Crippen LogP contribution in [0.15, 0.2) is 54.2 Å². The molecule has 0 radical (unpaired) electrons. The fourth-order valence-electron chi connectivity index (χ4n) is 2.11. The Morgan fingerprint density at radius 1 is 1.27 bits per heavy atom. The summed E-state index contributed by atoms with van der Waals surface area (Å²) in [7, 11) is 0. The second-order valence-electron chi connectivity index (χ2n) is 4.73. The molecule has 0 saturated carbocycles. The first kappa shape index (κ1) is 14.5. The molecule has 112 valence electrons. The molecule has 0 unspecified atom stereocenters. The van der Waals surface area contributed by atoms with Crippen LogP contribution >= 0.6 is 11.3 Å². The molecule has 22 heavy (non-hydrogen) atoms. The van der Waals surface area contributed by atoms with Crippen molar-refractivity contribution >= 4 is 22.9 Å². The van der Waals surface area contributed by atoms with Crippen LogP contribution in [0.4, 0.5) is 5.69 Å². The van der Waals surface area contributed by atoms with Gasteiger partial charge in [-0.2, -0.15) is 5.10 Å². The zero-order chi connectivity index (χ0) is 15.4. The normalized spacial score (nSPS) is 10.6. The number of aliphatic hydroxyl groups excluding tert-OH is 1. The highest BCUT2D eigenvalue weighted by Gasteiger charge is 2.08.